The molecule has 0 saturated carbocycles. The first-order chi connectivity index (χ1) is 9.61. The molecule has 20 heavy (non-hydrogen) atoms. The summed E-state index contributed by atoms with van der Waals surface area (Å²) in [4.78, 5) is 9.38. The number of hydrogen-bond donors (Lipinski definition) is 1. The van der Waals surface area contributed by atoms with E-state index in [-0.39, 0.29) is 0 Å². The Kier molecular flexibility index (Phi) is 5.38. The molecule has 1 aliphatic heterocycles. The van der Waals surface area contributed by atoms with Crippen molar-refractivity contribution in [3.8, 4) is 0 Å². The molecule has 1 saturated heterocycles. The van der Waals surface area contributed by atoms with Gasteiger partial charge in [-0.2, -0.15) is 0 Å². The largest absolute Gasteiger partial charge is 0.370 e. The molecule has 4 heteroatoms. The van der Waals surface area contributed by atoms with E-state index in [2.05, 4.69) is 54.1 Å². The Labute approximate surface area is 123 Å². The monoisotopic (exact) mass is 276 g/mol. The summed E-state index contributed by atoms with van der Waals surface area (Å²) in [6, 6.07) is 4.90. The van der Waals surface area contributed by atoms with Crippen molar-refractivity contribution in [3.63, 3.8) is 0 Å². The molecule has 0 radical (unpaired) electrons. The Hall–Kier alpha value is -1.13. The van der Waals surface area contributed by atoms with Crippen LogP contribution in [0.4, 0.5) is 5.82 Å². The predicted molar refractivity (Wildman–Crippen MR) is 84.9 cm³/mol. The van der Waals surface area contributed by atoms with Crippen molar-refractivity contribution in [2.75, 3.05) is 39.0 Å². The van der Waals surface area contributed by atoms with Crippen molar-refractivity contribution < 1.29 is 0 Å². The molecular formula is C16H28N4. The highest BCUT2D eigenvalue weighted by Gasteiger charge is 2.31. The van der Waals surface area contributed by atoms with E-state index >= 15 is 0 Å². The molecule has 1 aliphatic rings. The summed E-state index contributed by atoms with van der Waals surface area (Å²) in [6.45, 7) is 8.83. The van der Waals surface area contributed by atoms with Gasteiger partial charge in [-0.3, -0.25) is 4.90 Å². The second-order valence-corrected chi connectivity index (χ2v) is 6.14. The van der Waals surface area contributed by atoms with E-state index in [1.165, 1.54) is 12.1 Å². The van der Waals surface area contributed by atoms with Gasteiger partial charge in [-0.1, -0.05) is 19.9 Å². The van der Waals surface area contributed by atoms with Crippen LogP contribution in [0.1, 0.15) is 25.8 Å². The van der Waals surface area contributed by atoms with Crippen LogP contribution in [0.3, 0.4) is 0 Å². The Bertz CT molecular complexity index is 419. The average Bonchev–Trinajstić information content (AvgIpc) is 2.79. The zero-order valence-corrected chi connectivity index (χ0v) is 13.3. The van der Waals surface area contributed by atoms with Gasteiger partial charge in [0.25, 0.3) is 0 Å². The first-order valence-electron chi connectivity index (χ1n) is 7.68. The van der Waals surface area contributed by atoms with Crippen molar-refractivity contribution in [1.29, 1.82) is 0 Å². The van der Waals surface area contributed by atoms with E-state index in [4.69, 9.17) is 0 Å². The quantitative estimate of drug-likeness (QED) is 0.864. The molecule has 1 aromatic rings. The third-order valence-corrected chi connectivity index (χ3v) is 4.14. The van der Waals surface area contributed by atoms with E-state index in [1.54, 1.807) is 0 Å². The lowest BCUT2D eigenvalue weighted by atomic mass is 10.1. The molecule has 0 aliphatic carbocycles. The number of rotatable bonds is 6. The Morgan fingerprint density at radius 2 is 2.20 bits per heavy atom. The molecule has 1 aromatic heterocycles. The summed E-state index contributed by atoms with van der Waals surface area (Å²) >= 11 is 0. The van der Waals surface area contributed by atoms with Gasteiger partial charge < -0.3 is 10.2 Å². The minimum atomic E-state index is 0.665. The first-order valence-corrected chi connectivity index (χ1v) is 7.68. The Morgan fingerprint density at radius 1 is 1.40 bits per heavy atom. The fourth-order valence-electron chi connectivity index (χ4n) is 3.06. The predicted octanol–water partition coefficient (Wildman–Crippen LogP) is 2.29. The van der Waals surface area contributed by atoms with Gasteiger partial charge in [0, 0.05) is 44.0 Å². The van der Waals surface area contributed by atoms with Crippen LogP contribution in [0.2, 0.25) is 0 Å². The number of likely N-dealkylation sites (tertiary alicyclic amines) is 1. The second-order valence-electron chi connectivity index (χ2n) is 6.14. The van der Waals surface area contributed by atoms with Gasteiger partial charge in [0.15, 0.2) is 0 Å². The van der Waals surface area contributed by atoms with Crippen LogP contribution in [0.15, 0.2) is 18.3 Å². The van der Waals surface area contributed by atoms with Crippen LogP contribution in [-0.2, 0) is 6.54 Å². The molecule has 2 rings (SSSR count). The lowest BCUT2D eigenvalue weighted by Crippen LogP contribution is -2.34. The maximum Gasteiger partial charge on any atom is 0.130 e. The maximum absolute atomic E-state index is 4.48. The molecule has 0 spiro atoms. The van der Waals surface area contributed by atoms with Crippen molar-refractivity contribution in [1.82, 2.24) is 14.8 Å². The fraction of sp³-hybridized carbons (Fsp3) is 0.688. The summed E-state index contributed by atoms with van der Waals surface area (Å²) in [7, 11) is 4.37. The van der Waals surface area contributed by atoms with Gasteiger partial charge in [0.05, 0.1) is 0 Å². The molecule has 1 fully saturated rings. The molecule has 2 atom stereocenters. The summed E-state index contributed by atoms with van der Waals surface area (Å²) in [6.07, 6.45) is 3.00. The van der Waals surface area contributed by atoms with Crippen molar-refractivity contribution in [3.05, 3.63) is 23.9 Å². The SMILES string of the molecule is CCCNc1ncccc1CN1CC(C)C(N(C)C)C1. The summed E-state index contributed by atoms with van der Waals surface area (Å²) in [5.41, 5.74) is 1.31. The van der Waals surface area contributed by atoms with E-state index < -0.39 is 0 Å². The first kappa shape index (κ1) is 15.3. The summed E-state index contributed by atoms with van der Waals surface area (Å²) < 4.78 is 0. The maximum atomic E-state index is 4.48. The number of anilines is 1. The normalized spacial score (nSPS) is 23.4. The van der Waals surface area contributed by atoms with Gasteiger partial charge in [0.2, 0.25) is 0 Å². The fourth-order valence-corrected chi connectivity index (χ4v) is 3.06. The highest BCUT2D eigenvalue weighted by molar-refractivity contribution is 5.43. The smallest absolute Gasteiger partial charge is 0.130 e. The lowest BCUT2D eigenvalue weighted by Gasteiger charge is -2.23. The van der Waals surface area contributed by atoms with E-state index in [0.717, 1.165) is 37.8 Å². The van der Waals surface area contributed by atoms with Gasteiger partial charge in [-0.25, -0.2) is 4.98 Å². The molecule has 112 valence electrons. The van der Waals surface area contributed by atoms with Crippen LogP contribution in [0.5, 0.6) is 0 Å². The highest BCUT2D eigenvalue weighted by Crippen LogP contribution is 2.23. The van der Waals surface area contributed by atoms with Crippen molar-refractivity contribution >= 4 is 5.82 Å². The second kappa shape index (κ2) is 7.04. The number of nitrogens with one attached hydrogen (secondary N) is 1. The van der Waals surface area contributed by atoms with Gasteiger partial charge >= 0.3 is 0 Å². The number of likely N-dealkylation sites (N-methyl/N-ethyl adjacent to an activating group) is 1. The van der Waals surface area contributed by atoms with Crippen LogP contribution in [0, 0.1) is 5.92 Å². The molecule has 0 aromatic carbocycles. The molecule has 0 bridgehead atoms. The highest BCUT2D eigenvalue weighted by atomic mass is 15.2. The average molecular weight is 276 g/mol. The Balaban J connectivity index is 2.00. The Morgan fingerprint density at radius 3 is 2.85 bits per heavy atom. The third kappa shape index (κ3) is 3.70. The van der Waals surface area contributed by atoms with Crippen molar-refractivity contribution in [2.24, 2.45) is 5.92 Å². The van der Waals surface area contributed by atoms with Crippen molar-refractivity contribution in [2.45, 2.75) is 32.9 Å². The number of pyridine rings is 1. The number of nitrogens with zero attached hydrogens (tertiary/aromatic N) is 3. The summed E-state index contributed by atoms with van der Waals surface area (Å²) in [5.74, 6) is 1.78. The standard InChI is InChI=1S/C16H28N4/c1-5-8-17-16-14(7-6-9-18-16)11-20-10-13(2)15(12-20)19(3)4/h6-7,9,13,15H,5,8,10-12H2,1-4H3,(H,17,18). The van der Waals surface area contributed by atoms with Gasteiger partial charge in [-0.05, 0) is 32.5 Å². The minimum absolute atomic E-state index is 0.665. The molecule has 4 nitrogen and oxygen atoms in total. The van der Waals surface area contributed by atoms with E-state index in [0.29, 0.717) is 6.04 Å². The van der Waals surface area contributed by atoms with Crippen LogP contribution in [0.25, 0.3) is 0 Å². The molecule has 2 heterocycles. The van der Waals surface area contributed by atoms with Gasteiger partial charge in [-0.15, -0.1) is 0 Å². The molecule has 0 amide bonds. The summed E-state index contributed by atoms with van der Waals surface area (Å²) in [5, 5.41) is 3.43. The number of hydrogen-bond acceptors (Lipinski definition) is 4. The molecule has 1 N–H and O–H groups in total. The molecular weight excluding hydrogens is 248 g/mol. The third-order valence-electron chi connectivity index (χ3n) is 4.14. The van der Waals surface area contributed by atoms with Crippen LogP contribution >= 0.6 is 0 Å². The van der Waals surface area contributed by atoms with Crippen LogP contribution in [-0.4, -0.2) is 54.6 Å². The zero-order valence-electron chi connectivity index (χ0n) is 13.3. The lowest BCUT2D eigenvalue weighted by molar-refractivity contribution is 0.250. The van der Waals surface area contributed by atoms with Crippen LogP contribution < -0.4 is 5.32 Å². The van der Waals surface area contributed by atoms with Gasteiger partial charge in [0.1, 0.15) is 5.82 Å². The van der Waals surface area contributed by atoms with E-state index in [9.17, 15) is 0 Å². The topological polar surface area (TPSA) is 31.4 Å². The molecule has 2 unspecified atom stereocenters. The minimum Gasteiger partial charge on any atom is -0.370 e. The van der Waals surface area contributed by atoms with E-state index in [1.807, 2.05) is 12.3 Å². The number of aromatic nitrogens is 1. The zero-order chi connectivity index (χ0) is 14.5.